The average Bonchev–Trinajstić information content (AvgIpc) is 3.17. The molecule has 2 bridgehead atoms. The Labute approximate surface area is 158 Å². The number of hydrogen-bond donors (Lipinski definition) is 3. The summed E-state index contributed by atoms with van der Waals surface area (Å²) in [7, 11) is 0. The predicted molar refractivity (Wildman–Crippen MR) is 104 cm³/mol. The lowest BCUT2D eigenvalue weighted by Gasteiger charge is -2.36. The predicted octanol–water partition coefficient (Wildman–Crippen LogP) is 3.00. The Kier molecular flexibility index (Phi) is 4.97. The summed E-state index contributed by atoms with van der Waals surface area (Å²) in [6.07, 6.45) is 6.66. The summed E-state index contributed by atoms with van der Waals surface area (Å²) in [5, 5.41) is 8.07. The number of nitrogens with one attached hydrogen (secondary N) is 3. The van der Waals surface area contributed by atoms with Gasteiger partial charge in [-0.1, -0.05) is 23.7 Å². The molecule has 4 atom stereocenters. The van der Waals surface area contributed by atoms with Gasteiger partial charge < -0.3 is 20.0 Å². The van der Waals surface area contributed by atoms with Gasteiger partial charge in [-0.05, 0) is 36.5 Å². The summed E-state index contributed by atoms with van der Waals surface area (Å²) in [6, 6.07) is 13.5. The van der Waals surface area contributed by atoms with Gasteiger partial charge in [0.15, 0.2) is 10.9 Å². The third-order valence-corrected chi connectivity index (χ3v) is 6.02. The van der Waals surface area contributed by atoms with Gasteiger partial charge >= 0.3 is 0 Å². The molecule has 2 aliphatic rings. The summed E-state index contributed by atoms with van der Waals surface area (Å²) in [6.45, 7) is 0.997. The first-order valence-corrected chi connectivity index (χ1v) is 9.67. The zero-order chi connectivity index (χ0) is 17.2. The van der Waals surface area contributed by atoms with Crippen LogP contribution in [0.25, 0.3) is 0 Å². The average molecular weight is 377 g/mol. The van der Waals surface area contributed by atoms with Crippen molar-refractivity contribution in [3.63, 3.8) is 0 Å². The Balaban J connectivity index is 1.33. The molecule has 6 heteroatoms. The number of thiocarbonyl (C=S) groups is 1. The number of hydrogen-bond acceptors (Lipinski definition) is 2. The molecule has 3 N–H and O–H groups in total. The highest BCUT2D eigenvalue weighted by atomic mass is 35.5. The minimum Gasteiger partial charge on any atom is -0.463 e. The second-order valence-electron chi connectivity index (χ2n) is 7.05. The number of anilines is 1. The lowest BCUT2D eigenvalue weighted by molar-refractivity contribution is -0.955. The Morgan fingerprint density at radius 2 is 1.92 bits per heavy atom. The van der Waals surface area contributed by atoms with Crippen LogP contribution in [0, 0.1) is 0 Å². The first kappa shape index (κ1) is 16.9. The van der Waals surface area contributed by atoms with E-state index in [1.165, 1.54) is 12.8 Å². The summed E-state index contributed by atoms with van der Waals surface area (Å²) >= 11 is 11.7. The van der Waals surface area contributed by atoms with Crippen LogP contribution < -0.4 is 15.5 Å². The van der Waals surface area contributed by atoms with E-state index in [1.54, 1.807) is 11.2 Å². The van der Waals surface area contributed by atoms with Crippen LogP contribution in [0.1, 0.15) is 31.4 Å². The number of benzene rings is 1. The van der Waals surface area contributed by atoms with Crippen molar-refractivity contribution in [1.29, 1.82) is 0 Å². The molecule has 1 aromatic carbocycles. The van der Waals surface area contributed by atoms with Crippen LogP contribution in [-0.2, 0) is 6.54 Å². The Hall–Kier alpha value is -1.56. The van der Waals surface area contributed by atoms with E-state index in [1.807, 2.05) is 30.3 Å². The van der Waals surface area contributed by atoms with Crippen molar-refractivity contribution in [1.82, 2.24) is 5.32 Å². The summed E-state index contributed by atoms with van der Waals surface area (Å²) in [5.41, 5.74) is 0.852. The molecule has 2 fully saturated rings. The molecular weight excluding hydrogens is 354 g/mol. The third kappa shape index (κ3) is 3.84. The van der Waals surface area contributed by atoms with Crippen LogP contribution in [-0.4, -0.2) is 23.2 Å². The highest BCUT2D eigenvalue weighted by molar-refractivity contribution is 7.80. The van der Waals surface area contributed by atoms with E-state index in [0.717, 1.165) is 30.8 Å². The number of quaternary nitrogens is 1. The van der Waals surface area contributed by atoms with Crippen molar-refractivity contribution in [3.8, 4) is 0 Å². The number of halogens is 1. The maximum atomic E-state index is 6.19. The first-order chi connectivity index (χ1) is 12.2. The second-order valence-corrected chi connectivity index (χ2v) is 7.86. The molecule has 3 heterocycles. The van der Waals surface area contributed by atoms with Crippen LogP contribution in [0.2, 0.25) is 5.02 Å². The van der Waals surface area contributed by atoms with Gasteiger partial charge in [0, 0.05) is 31.7 Å². The van der Waals surface area contributed by atoms with E-state index in [9.17, 15) is 0 Å². The highest BCUT2D eigenvalue weighted by Gasteiger charge is 2.44. The standard InChI is InChI=1S/C19H22ClN3OS/c20-17-5-1-2-6-18(17)22-19(25)21-13-10-14-7-8-15(11-13)23(14)12-16-4-3-9-24-16/h1-6,9,13-15H,7-8,10-12H2,(H2,21,22,25)/p+1/t13?,14-,15+. The minimum absolute atomic E-state index is 0.431. The molecule has 0 aliphatic carbocycles. The lowest BCUT2D eigenvalue weighted by Crippen LogP contribution is -3.17. The maximum Gasteiger partial charge on any atom is 0.171 e. The van der Waals surface area contributed by atoms with Gasteiger partial charge in [0.1, 0.15) is 6.54 Å². The monoisotopic (exact) mass is 376 g/mol. The molecule has 0 radical (unpaired) electrons. The van der Waals surface area contributed by atoms with Gasteiger partial charge in [0.05, 0.1) is 29.1 Å². The summed E-state index contributed by atoms with van der Waals surface area (Å²) < 4.78 is 5.55. The number of para-hydroxylation sites is 1. The van der Waals surface area contributed by atoms with Gasteiger partial charge in [-0.3, -0.25) is 0 Å². The molecule has 2 aromatic rings. The van der Waals surface area contributed by atoms with Crippen molar-refractivity contribution in [2.75, 3.05) is 5.32 Å². The fraction of sp³-hybridized carbons (Fsp3) is 0.421. The molecule has 0 amide bonds. The van der Waals surface area contributed by atoms with Crippen molar-refractivity contribution in [3.05, 3.63) is 53.4 Å². The molecule has 2 aliphatic heterocycles. The Morgan fingerprint density at radius 1 is 1.16 bits per heavy atom. The fourth-order valence-electron chi connectivity index (χ4n) is 4.36. The number of rotatable bonds is 4. The molecule has 132 valence electrons. The van der Waals surface area contributed by atoms with E-state index in [0.29, 0.717) is 28.3 Å². The molecule has 0 saturated carbocycles. The molecule has 1 aromatic heterocycles. The van der Waals surface area contributed by atoms with Gasteiger partial charge in [-0.2, -0.15) is 0 Å². The maximum absolute atomic E-state index is 6.19. The highest BCUT2D eigenvalue weighted by Crippen LogP contribution is 2.24. The Morgan fingerprint density at radius 3 is 2.60 bits per heavy atom. The zero-order valence-corrected chi connectivity index (χ0v) is 15.6. The normalized spacial score (nSPS) is 27.9. The molecule has 2 saturated heterocycles. The fourth-order valence-corrected chi connectivity index (χ4v) is 4.81. The third-order valence-electron chi connectivity index (χ3n) is 5.47. The van der Waals surface area contributed by atoms with Crippen molar-refractivity contribution < 1.29 is 9.32 Å². The Bertz CT molecular complexity index is 722. The van der Waals surface area contributed by atoms with Gasteiger partial charge in [0.2, 0.25) is 0 Å². The van der Waals surface area contributed by atoms with E-state index < -0.39 is 0 Å². The van der Waals surface area contributed by atoms with Crippen LogP contribution in [0.4, 0.5) is 5.69 Å². The number of piperidine rings is 1. The molecule has 0 spiro atoms. The molecule has 4 rings (SSSR count). The zero-order valence-electron chi connectivity index (χ0n) is 14.0. The number of furan rings is 1. The van der Waals surface area contributed by atoms with Crippen molar-refractivity contribution in [2.24, 2.45) is 0 Å². The summed E-state index contributed by atoms with van der Waals surface area (Å²) in [5.74, 6) is 1.09. The first-order valence-electron chi connectivity index (χ1n) is 8.89. The second kappa shape index (κ2) is 7.36. The SMILES string of the molecule is S=C(Nc1ccccc1Cl)NC1C[C@H]2CC[C@@H](C1)[NH+]2Cc1ccco1. The van der Waals surface area contributed by atoms with Crippen LogP contribution >= 0.6 is 23.8 Å². The van der Waals surface area contributed by atoms with E-state index in [-0.39, 0.29) is 0 Å². The quantitative estimate of drug-likeness (QED) is 0.717. The van der Waals surface area contributed by atoms with Gasteiger partial charge in [0.25, 0.3) is 0 Å². The van der Waals surface area contributed by atoms with E-state index in [4.69, 9.17) is 28.2 Å². The van der Waals surface area contributed by atoms with Gasteiger partial charge in [-0.15, -0.1) is 0 Å². The largest absolute Gasteiger partial charge is 0.463 e. The molecule has 25 heavy (non-hydrogen) atoms. The van der Waals surface area contributed by atoms with Gasteiger partial charge in [-0.25, -0.2) is 0 Å². The topological polar surface area (TPSA) is 41.6 Å². The smallest absolute Gasteiger partial charge is 0.171 e. The minimum atomic E-state index is 0.431. The van der Waals surface area contributed by atoms with Crippen molar-refractivity contribution >= 4 is 34.6 Å². The molecular formula is C19H23ClN3OS+. The summed E-state index contributed by atoms with van der Waals surface area (Å²) in [4.78, 5) is 1.68. The van der Waals surface area contributed by atoms with Crippen LogP contribution in [0.15, 0.2) is 47.1 Å². The number of fused-ring (bicyclic) bond motifs is 2. The van der Waals surface area contributed by atoms with E-state index >= 15 is 0 Å². The molecule has 2 unspecified atom stereocenters. The van der Waals surface area contributed by atoms with E-state index in [2.05, 4.69) is 16.7 Å². The van der Waals surface area contributed by atoms with Crippen LogP contribution in [0.5, 0.6) is 0 Å². The molecule has 4 nitrogen and oxygen atoms in total. The van der Waals surface area contributed by atoms with Crippen LogP contribution in [0.3, 0.4) is 0 Å². The van der Waals surface area contributed by atoms with Crippen molar-refractivity contribution in [2.45, 2.75) is 50.4 Å². The lowest BCUT2D eigenvalue weighted by atomic mass is 9.97.